The number of hydrogen-bond acceptors (Lipinski definition) is 5. The van der Waals surface area contributed by atoms with E-state index >= 15 is 0 Å². The number of carbonyl (C=O) groups is 1. The molecule has 3 heterocycles. The predicted octanol–water partition coefficient (Wildman–Crippen LogP) is 2.55. The van der Waals surface area contributed by atoms with Crippen LogP contribution in [0.3, 0.4) is 0 Å². The van der Waals surface area contributed by atoms with E-state index in [0.717, 1.165) is 30.8 Å². The Hall–Kier alpha value is -2.18. The summed E-state index contributed by atoms with van der Waals surface area (Å²) in [5.41, 5.74) is 1.49. The fourth-order valence-electron chi connectivity index (χ4n) is 2.96. The van der Waals surface area contributed by atoms with Crippen LogP contribution in [-0.4, -0.2) is 49.3 Å². The maximum absolute atomic E-state index is 12.3. The van der Waals surface area contributed by atoms with Crippen LogP contribution in [-0.2, 0) is 4.74 Å². The van der Waals surface area contributed by atoms with Crippen LogP contribution < -0.4 is 0 Å². The van der Waals surface area contributed by atoms with Crippen molar-refractivity contribution in [2.24, 2.45) is 0 Å². The van der Waals surface area contributed by atoms with E-state index in [1.54, 1.807) is 9.42 Å². The van der Waals surface area contributed by atoms with Crippen molar-refractivity contribution in [1.29, 1.82) is 0 Å². The number of fused-ring (bicyclic) bond motifs is 1. The van der Waals surface area contributed by atoms with Crippen LogP contribution in [0.15, 0.2) is 12.4 Å². The molecule has 1 saturated heterocycles. The number of rotatable bonds is 1. The van der Waals surface area contributed by atoms with Gasteiger partial charge in [-0.3, -0.25) is 0 Å². The number of aryl methyl sites for hydroxylation is 1. The van der Waals surface area contributed by atoms with Gasteiger partial charge in [0.1, 0.15) is 11.9 Å². The molecule has 1 unspecified atom stereocenters. The second-order valence-electron chi connectivity index (χ2n) is 7.06. The molecule has 0 spiro atoms. The lowest BCUT2D eigenvalue weighted by Gasteiger charge is -2.34. The Labute approximate surface area is 135 Å². The molecule has 0 aromatic carbocycles. The average Bonchev–Trinajstić information content (AvgIpc) is 2.92. The summed E-state index contributed by atoms with van der Waals surface area (Å²) in [5, 5.41) is 4.27. The van der Waals surface area contributed by atoms with Crippen LogP contribution in [0.1, 0.15) is 50.9 Å². The molecule has 124 valence electrons. The summed E-state index contributed by atoms with van der Waals surface area (Å²) in [6, 6.07) is 2.03. The van der Waals surface area contributed by atoms with E-state index in [9.17, 15) is 4.79 Å². The van der Waals surface area contributed by atoms with Crippen molar-refractivity contribution < 1.29 is 9.53 Å². The molecule has 0 bridgehead atoms. The van der Waals surface area contributed by atoms with Crippen molar-refractivity contribution in [3.8, 4) is 0 Å². The maximum Gasteiger partial charge on any atom is 0.410 e. The minimum absolute atomic E-state index is 0.210. The van der Waals surface area contributed by atoms with E-state index in [4.69, 9.17) is 4.74 Å². The Bertz CT molecular complexity index is 719. The van der Waals surface area contributed by atoms with Crippen molar-refractivity contribution >= 4 is 11.9 Å². The predicted molar refractivity (Wildman–Crippen MR) is 85.3 cm³/mol. The quantitative estimate of drug-likeness (QED) is 0.808. The number of carbonyl (C=O) groups excluding carboxylic acids is 1. The first-order valence-electron chi connectivity index (χ1n) is 7.99. The Morgan fingerprint density at radius 1 is 1.39 bits per heavy atom. The van der Waals surface area contributed by atoms with Gasteiger partial charge in [-0.05, 0) is 46.6 Å². The highest BCUT2D eigenvalue weighted by molar-refractivity contribution is 5.68. The lowest BCUT2D eigenvalue weighted by atomic mass is 9.94. The van der Waals surface area contributed by atoms with E-state index in [-0.39, 0.29) is 12.0 Å². The normalized spacial score (nSPS) is 19.1. The summed E-state index contributed by atoms with van der Waals surface area (Å²) in [4.78, 5) is 22.7. The van der Waals surface area contributed by atoms with E-state index in [1.165, 1.54) is 6.33 Å². The standard InChI is InChI=1S/C16H23N5O2/c1-11-8-13(21-14(19-11)17-10-18-21)12-6-5-7-20(9-12)15(22)23-16(2,3)4/h8,10,12H,5-7,9H2,1-4H3. The van der Waals surface area contributed by atoms with Crippen LogP contribution in [0, 0.1) is 6.92 Å². The van der Waals surface area contributed by atoms with E-state index in [1.807, 2.05) is 33.8 Å². The summed E-state index contributed by atoms with van der Waals surface area (Å²) in [7, 11) is 0. The van der Waals surface area contributed by atoms with Gasteiger partial charge in [0.2, 0.25) is 0 Å². The third kappa shape index (κ3) is 3.43. The second kappa shape index (κ2) is 5.79. The molecule has 1 fully saturated rings. The van der Waals surface area contributed by atoms with Gasteiger partial charge >= 0.3 is 6.09 Å². The summed E-state index contributed by atoms with van der Waals surface area (Å²) >= 11 is 0. The van der Waals surface area contributed by atoms with Gasteiger partial charge in [0.05, 0.1) is 5.69 Å². The van der Waals surface area contributed by atoms with Crippen molar-refractivity contribution in [2.75, 3.05) is 13.1 Å². The fraction of sp³-hybridized carbons (Fsp3) is 0.625. The van der Waals surface area contributed by atoms with Gasteiger partial charge in [0.15, 0.2) is 0 Å². The number of piperidine rings is 1. The van der Waals surface area contributed by atoms with Crippen molar-refractivity contribution in [1.82, 2.24) is 24.5 Å². The zero-order chi connectivity index (χ0) is 16.6. The van der Waals surface area contributed by atoms with Crippen LogP contribution in [0.5, 0.6) is 0 Å². The zero-order valence-electron chi connectivity index (χ0n) is 14.1. The molecule has 0 saturated carbocycles. The lowest BCUT2D eigenvalue weighted by Crippen LogP contribution is -2.42. The molecular formula is C16H23N5O2. The highest BCUT2D eigenvalue weighted by Gasteiger charge is 2.29. The van der Waals surface area contributed by atoms with Crippen LogP contribution in [0.2, 0.25) is 0 Å². The number of ether oxygens (including phenoxy) is 1. The number of nitrogens with zero attached hydrogens (tertiary/aromatic N) is 5. The van der Waals surface area contributed by atoms with Crippen molar-refractivity contribution in [2.45, 2.75) is 52.1 Å². The Balaban J connectivity index is 1.83. The summed E-state index contributed by atoms with van der Waals surface area (Å²) in [5.74, 6) is 0.816. The summed E-state index contributed by atoms with van der Waals surface area (Å²) in [6.45, 7) is 8.97. The third-order valence-electron chi connectivity index (χ3n) is 3.90. The minimum Gasteiger partial charge on any atom is -0.444 e. The van der Waals surface area contributed by atoms with Gasteiger partial charge in [-0.25, -0.2) is 14.3 Å². The molecule has 23 heavy (non-hydrogen) atoms. The Morgan fingerprint density at radius 3 is 2.91 bits per heavy atom. The first-order valence-corrected chi connectivity index (χ1v) is 7.99. The lowest BCUT2D eigenvalue weighted by molar-refractivity contribution is 0.0196. The van der Waals surface area contributed by atoms with Gasteiger partial charge < -0.3 is 9.64 Å². The van der Waals surface area contributed by atoms with Gasteiger partial charge in [-0.1, -0.05) is 0 Å². The molecule has 7 heteroatoms. The van der Waals surface area contributed by atoms with E-state index in [0.29, 0.717) is 12.3 Å². The summed E-state index contributed by atoms with van der Waals surface area (Å²) in [6.07, 6.45) is 3.22. The average molecular weight is 317 g/mol. The molecule has 0 aliphatic carbocycles. The number of likely N-dealkylation sites (tertiary alicyclic amines) is 1. The number of hydrogen-bond donors (Lipinski definition) is 0. The molecule has 3 rings (SSSR count). The molecule has 0 N–H and O–H groups in total. The molecule has 1 amide bonds. The topological polar surface area (TPSA) is 72.6 Å². The smallest absolute Gasteiger partial charge is 0.410 e. The zero-order valence-corrected chi connectivity index (χ0v) is 14.1. The molecule has 1 aliphatic heterocycles. The third-order valence-corrected chi connectivity index (χ3v) is 3.90. The van der Waals surface area contributed by atoms with E-state index < -0.39 is 5.60 Å². The maximum atomic E-state index is 12.3. The first kappa shape index (κ1) is 15.7. The minimum atomic E-state index is -0.476. The SMILES string of the molecule is Cc1cc(C2CCCN(C(=O)OC(C)(C)C)C2)n2ncnc2n1. The molecular weight excluding hydrogens is 294 g/mol. The molecule has 1 aliphatic rings. The largest absolute Gasteiger partial charge is 0.444 e. The first-order chi connectivity index (χ1) is 10.8. The fourth-order valence-corrected chi connectivity index (χ4v) is 2.96. The van der Waals surface area contributed by atoms with Crippen molar-refractivity contribution in [3.63, 3.8) is 0 Å². The number of aromatic nitrogens is 4. The molecule has 2 aromatic heterocycles. The second-order valence-corrected chi connectivity index (χ2v) is 7.06. The van der Waals surface area contributed by atoms with E-state index in [2.05, 4.69) is 15.1 Å². The van der Waals surface area contributed by atoms with Crippen LogP contribution in [0.4, 0.5) is 4.79 Å². The molecule has 2 aromatic rings. The molecule has 0 radical (unpaired) electrons. The van der Waals surface area contributed by atoms with Crippen molar-refractivity contribution in [3.05, 3.63) is 23.8 Å². The Morgan fingerprint density at radius 2 is 2.17 bits per heavy atom. The van der Waals surface area contributed by atoms with Crippen LogP contribution in [0.25, 0.3) is 5.78 Å². The van der Waals surface area contributed by atoms with Gasteiger partial charge in [-0.2, -0.15) is 10.1 Å². The highest BCUT2D eigenvalue weighted by atomic mass is 16.6. The Kier molecular flexibility index (Phi) is 3.95. The number of amides is 1. The van der Waals surface area contributed by atoms with Gasteiger partial charge in [-0.15, -0.1) is 0 Å². The highest BCUT2D eigenvalue weighted by Crippen LogP contribution is 2.28. The molecule has 7 nitrogen and oxygen atoms in total. The summed E-state index contributed by atoms with van der Waals surface area (Å²) < 4.78 is 7.27. The van der Waals surface area contributed by atoms with Crippen LogP contribution >= 0.6 is 0 Å². The molecule has 1 atom stereocenters. The van der Waals surface area contributed by atoms with Gasteiger partial charge in [0.25, 0.3) is 5.78 Å². The monoisotopic (exact) mass is 317 g/mol. The van der Waals surface area contributed by atoms with Gasteiger partial charge in [0, 0.05) is 24.7 Å².